The molecular weight excluding hydrogens is 515 g/mol. The van der Waals surface area contributed by atoms with E-state index in [1.807, 2.05) is 12.1 Å². The van der Waals surface area contributed by atoms with E-state index in [9.17, 15) is 27.9 Å². The summed E-state index contributed by atoms with van der Waals surface area (Å²) in [5, 5.41) is 13.2. The van der Waals surface area contributed by atoms with E-state index in [1.165, 1.54) is 0 Å². The van der Waals surface area contributed by atoms with Gasteiger partial charge in [0.25, 0.3) is 0 Å². The molecule has 36 heavy (non-hydrogen) atoms. The van der Waals surface area contributed by atoms with E-state index in [0.717, 1.165) is 54.4 Å². The maximum Gasteiger partial charge on any atom is 0.416 e. The number of alkyl halides is 4. The van der Waals surface area contributed by atoms with Crippen LogP contribution in [0.4, 0.5) is 29.3 Å². The third-order valence-electron chi connectivity index (χ3n) is 7.01. The van der Waals surface area contributed by atoms with Crippen LogP contribution in [0.2, 0.25) is 0 Å². The number of allylic oxidation sites excluding steroid dienone is 1. The first kappa shape index (κ1) is 26.7. The molecule has 1 saturated heterocycles. The Labute approximate surface area is 217 Å². The number of benzene rings is 1. The highest BCUT2D eigenvalue weighted by molar-refractivity contribution is 8.03. The number of halogens is 4. The number of carbonyl (C=O) groups is 2. The fourth-order valence-electron chi connectivity index (χ4n) is 5.09. The highest BCUT2D eigenvalue weighted by Crippen LogP contribution is 2.57. The summed E-state index contributed by atoms with van der Waals surface area (Å²) >= 11 is 6.86. The van der Waals surface area contributed by atoms with Gasteiger partial charge in [-0.05, 0) is 42.5 Å². The van der Waals surface area contributed by atoms with Crippen LogP contribution in [0.15, 0.2) is 45.3 Å². The highest BCUT2D eigenvalue weighted by atomic mass is 35.5. The summed E-state index contributed by atoms with van der Waals surface area (Å²) < 4.78 is 42.5. The average Bonchev–Trinajstić information content (AvgIpc) is 3.30. The lowest BCUT2D eigenvalue weighted by atomic mass is 9.65. The summed E-state index contributed by atoms with van der Waals surface area (Å²) in [6, 6.07) is 5.38. The Morgan fingerprint density at radius 1 is 1.19 bits per heavy atom. The monoisotopic (exact) mass is 543 g/mol. The number of nitrogens with one attached hydrogen (secondary N) is 1. The van der Waals surface area contributed by atoms with Crippen LogP contribution in [-0.2, 0) is 4.79 Å². The van der Waals surface area contributed by atoms with E-state index < -0.39 is 41.1 Å². The zero-order valence-corrected chi connectivity index (χ0v) is 21.9. The van der Waals surface area contributed by atoms with Gasteiger partial charge in [0.1, 0.15) is 0 Å². The molecule has 1 atom stereocenters. The third kappa shape index (κ3) is 4.69. The van der Waals surface area contributed by atoms with Crippen LogP contribution < -0.4 is 15.1 Å². The Bertz CT molecular complexity index is 1140. The van der Waals surface area contributed by atoms with Gasteiger partial charge in [0.05, 0.1) is 16.9 Å². The van der Waals surface area contributed by atoms with Crippen LogP contribution in [0.25, 0.3) is 0 Å². The van der Waals surface area contributed by atoms with Crippen LogP contribution in [-0.4, -0.2) is 47.8 Å². The average molecular weight is 544 g/mol. The number of amides is 2. The molecule has 0 spiro atoms. The molecule has 1 aromatic rings. The SMILES string of the molecule is CC(C)(C)C1(NC(=O)CCCl)CC(C(F)(F)F)=CC2=C1N(C(=O)O)c1ccc(N3CCCC3)cc1S2. The van der Waals surface area contributed by atoms with E-state index >= 15 is 0 Å². The zero-order valence-electron chi connectivity index (χ0n) is 20.3. The fourth-order valence-corrected chi connectivity index (χ4v) is 6.51. The van der Waals surface area contributed by atoms with Crippen molar-refractivity contribution < 1.29 is 27.9 Å². The molecule has 2 N–H and O–H groups in total. The number of thioether (sulfide) groups is 1. The summed E-state index contributed by atoms with van der Waals surface area (Å²) in [5.74, 6) is -0.555. The van der Waals surface area contributed by atoms with Gasteiger partial charge in [-0.2, -0.15) is 13.2 Å². The molecule has 1 aromatic carbocycles. The molecular formula is C25H29ClF3N3O3S. The van der Waals surface area contributed by atoms with E-state index in [0.29, 0.717) is 10.6 Å². The summed E-state index contributed by atoms with van der Waals surface area (Å²) in [7, 11) is 0. The van der Waals surface area contributed by atoms with Gasteiger partial charge in [0.15, 0.2) is 0 Å². The molecule has 11 heteroatoms. The summed E-state index contributed by atoms with van der Waals surface area (Å²) in [6.07, 6.45) is -3.57. The summed E-state index contributed by atoms with van der Waals surface area (Å²) in [6.45, 7) is 6.85. The molecule has 3 aliphatic rings. The minimum Gasteiger partial charge on any atom is -0.464 e. The van der Waals surface area contributed by atoms with Crippen LogP contribution in [0.5, 0.6) is 0 Å². The van der Waals surface area contributed by atoms with E-state index in [1.54, 1.807) is 26.8 Å². The van der Waals surface area contributed by atoms with Crippen LogP contribution in [0.3, 0.4) is 0 Å². The Morgan fingerprint density at radius 2 is 1.86 bits per heavy atom. The first-order chi connectivity index (χ1) is 16.8. The van der Waals surface area contributed by atoms with Crippen molar-refractivity contribution in [3.05, 3.63) is 40.5 Å². The molecule has 0 radical (unpaired) electrons. The molecule has 1 aliphatic carbocycles. The highest BCUT2D eigenvalue weighted by Gasteiger charge is 2.57. The molecule has 1 unspecified atom stereocenters. The third-order valence-corrected chi connectivity index (χ3v) is 8.27. The van der Waals surface area contributed by atoms with Crippen molar-refractivity contribution in [3.63, 3.8) is 0 Å². The Kier molecular flexibility index (Phi) is 7.07. The van der Waals surface area contributed by atoms with Crippen molar-refractivity contribution >= 4 is 46.7 Å². The number of carbonyl (C=O) groups excluding carboxylic acids is 1. The molecule has 2 heterocycles. The number of rotatable bonds is 4. The number of nitrogens with zero attached hydrogens (tertiary/aromatic N) is 2. The predicted octanol–water partition coefficient (Wildman–Crippen LogP) is 6.51. The van der Waals surface area contributed by atoms with Crippen molar-refractivity contribution in [3.8, 4) is 0 Å². The number of hydrogen-bond donors (Lipinski definition) is 2. The van der Waals surface area contributed by atoms with E-state index in [-0.39, 0.29) is 22.9 Å². The van der Waals surface area contributed by atoms with Crippen molar-refractivity contribution in [2.24, 2.45) is 5.41 Å². The lowest BCUT2D eigenvalue weighted by Gasteiger charge is -2.53. The largest absolute Gasteiger partial charge is 0.464 e. The van der Waals surface area contributed by atoms with Crippen LogP contribution >= 0.6 is 23.4 Å². The summed E-state index contributed by atoms with van der Waals surface area (Å²) in [5.41, 5.74) is -2.06. The molecule has 1 fully saturated rings. The minimum atomic E-state index is -4.65. The molecule has 0 saturated carbocycles. The standard InChI is InChI=1S/C25H29ClF3N3O3S/c1-23(2,3)24(30-20(33)8-9-26)14-15(25(27,28)29)12-19-21(24)32(22(34)35)17-7-6-16(13-18(17)36-19)31-10-4-5-11-31/h6-7,12-13H,4-5,8-11,14H2,1-3H3,(H,30,33)(H,34,35). The second kappa shape index (κ2) is 9.52. The predicted molar refractivity (Wildman–Crippen MR) is 136 cm³/mol. The Morgan fingerprint density at radius 3 is 2.42 bits per heavy atom. The Balaban J connectivity index is 1.95. The lowest BCUT2D eigenvalue weighted by molar-refractivity contribution is -0.125. The van der Waals surface area contributed by atoms with E-state index in [2.05, 4.69) is 10.2 Å². The first-order valence-electron chi connectivity index (χ1n) is 11.8. The van der Waals surface area contributed by atoms with Gasteiger partial charge >= 0.3 is 12.3 Å². The topological polar surface area (TPSA) is 72.9 Å². The number of anilines is 2. The number of hydrogen-bond acceptors (Lipinski definition) is 4. The van der Waals surface area contributed by atoms with Gasteiger partial charge in [-0.1, -0.05) is 32.5 Å². The van der Waals surface area contributed by atoms with Gasteiger partial charge in [0.2, 0.25) is 5.91 Å². The van der Waals surface area contributed by atoms with Gasteiger partial charge < -0.3 is 15.3 Å². The van der Waals surface area contributed by atoms with Crippen molar-refractivity contribution in [2.45, 2.75) is 63.1 Å². The van der Waals surface area contributed by atoms with Gasteiger partial charge in [-0.3, -0.25) is 4.79 Å². The van der Waals surface area contributed by atoms with Crippen molar-refractivity contribution in [1.82, 2.24) is 5.32 Å². The number of carboxylic acid groups (broad SMARTS) is 1. The summed E-state index contributed by atoms with van der Waals surface area (Å²) in [4.78, 5) is 29.5. The van der Waals surface area contributed by atoms with Crippen LogP contribution in [0, 0.1) is 5.41 Å². The molecule has 0 bridgehead atoms. The molecule has 0 aromatic heterocycles. The second-order valence-electron chi connectivity index (χ2n) is 10.3. The van der Waals surface area contributed by atoms with Gasteiger partial charge in [-0.25, -0.2) is 9.69 Å². The Hall–Kier alpha value is -2.33. The number of fused-ring (bicyclic) bond motifs is 1. The molecule has 4 rings (SSSR count). The normalized spacial score (nSPS) is 22.2. The lowest BCUT2D eigenvalue weighted by Crippen LogP contribution is -2.64. The smallest absolute Gasteiger partial charge is 0.416 e. The van der Waals surface area contributed by atoms with Crippen molar-refractivity contribution in [1.29, 1.82) is 0 Å². The maximum absolute atomic E-state index is 14.2. The quantitative estimate of drug-likeness (QED) is 0.423. The molecule has 6 nitrogen and oxygen atoms in total. The molecule has 196 valence electrons. The van der Waals surface area contributed by atoms with Gasteiger partial charge in [0, 0.05) is 52.9 Å². The minimum absolute atomic E-state index is 0.0145. The second-order valence-corrected chi connectivity index (χ2v) is 11.7. The van der Waals surface area contributed by atoms with E-state index in [4.69, 9.17) is 11.6 Å². The van der Waals surface area contributed by atoms with Gasteiger partial charge in [-0.15, -0.1) is 11.6 Å². The van der Waals surface area contributed by atoms with Crippen LogP contribution in [0.1, 0.15) is 46.5 Å². The maximum atomic E-state index is 14.2. The molecule has 2 amide bonds. The fraction of sp³-hybridized carbons (Fsp3) is 0.520. The molecule has 2 aliphatic heterocycles. The van der Waals surface area contributed by atoms with Crippen molar-refractivity contribution in [2.75, 3.05) is 28.8 Å². The zero-order chi connectivity index (χ0) is 26.5. The first-order valence-corrected chi connectivity index (χ1v) is 13.1.